The maximum Gasteiger partial charge on any atom is 0.164 e. The van der Waals surface area contributed by atoms with Crippen LogP contribution in [-0.2, 0) is 11.8 Å². The summed E-state index contributed by atoms with van der Waals surface area (Å²) in [7, 11) is 0. The predicted octanol–water partition coefficient (Wildman–Crippen LogP) is 11.6. The Balaban J connectivity index is 1.21. The lowest BCUT2D eigenvalue weighted by Crippen LogP contribution is -2.15. The van der Waals surface area contributed by atoms with Crippen molar-refractivity contribution < 1.29 is 0 Å². The minimum Gasteiger partial charge on any atom is -0.208 e. The highest BCUT2D eigenvalue weighted by atomic mass is 15.0. The van der Waals surface area contributed by atoms with E-state index in [0.717, 1.165) is 40.7 Å². The molecule has 0 saturated carbocycles. The van der Waals surface area contributed by atoms with E-state index in [1.54, 1.807) is 0 Å². The van der Waals surface area contributed by atoms with E-state index in [1.807, 2.05) is 0 Å². The van der Waals surface area contributed by atoms with Crippen LogP contribution in [0.15, 0.2) is 133 Å². The number of rotatable bonds is 3. The highest BCUT2D eigenvalue weighted by molar-refractivity contribution is 6.00. The SMILES string of the molecule is CC1(C)c2ccccc2-c2ccc3cc(-c4nc(-c5cc6ccccc6c6c5CCC=C6)nc(-c5cccc6ccccc56)n4)ccc3c21. The number of allylic oxidation sites excluding steroid dienone is 1. The lowest BCUT2D eigenvalue weighted by atomic mass is 9.80. The van der Waals surface area contributed by atoms with Crippen LogP contribution in [0.5, 0.6) is 0 Å². The standard InChI is InChI=1S/C46H33N3/c1-46(2)41-21-10-9-19-37(41)38-25-22-30-26-31(23-24-34(30)42(38)46)43-47-44(39-20-11-14-28-12-3-5-15-32(28)39)49-45(48-43)40-27-29-13-4-6-16-33(29)35-17-7-8-18-36(35)40/h3-7,9-17,19-27H,8,18H2,1-2H3. The van der Waals surface area contributed by atoms with Gasteiger partial charge >= 0.3 is 0 Å². The molecule has 0 aliphatic heterocycles. The van der Waals surface area contributed by atoms with E-state index >= 15 is 0 Å². The summed E-state index contributed by atoms with van der Waals surface area (Å²) < 4.78 is 0. The van der Waals surface area contributed by atoms with Crippen LogP contribution in [-0.4, -0.2) is 15.0 Å². The van der Waals surface area contributed by atoms with E-state index in [9.17, 15) is 0 Å². The zero-order valence-electron chi connectivity index (χ0n) is 27.5. The summed E-state index contributed by atoms with van der Waals surface area (Å²) in [5, 5.41) is 7.24. The van der Waals surface area contributed by atoms with Gasteiger partial charge in [0.15, 0.2) is 17.5 Å². The van der Waals surface area contributed by atoms with E-state index < -0.39 is 0 Å². The van der Waals surface area contributed by atoms with Crippen LogP contribution < -0.4 is 0 Å². The quantitative estimate of drug-likeness (QED) is 0.196. The minimum atomic E-state index is -0.0849. The molecule has 1 aromatic heterocycles. The van der Waals surface area contributed by atoms with Crippen molar-refractivity contribution in [3.63, 3.8) is 0 Å². The van der Waals surface area contributed by atoms with Gasteiger partial charge in [-0.1, -0.05) is 141 Å². The first kappa shape index (κ1) is 28.1. The molecule has 3 heteroatoms. The van der Waals surface area contributed by atoms with Gasteiger partial charge < -0.3 is 0 Å². The number of benzene rings is 7. The lowest BCUT2D eigenvalue weighted by molar-refractivity contribution is 0.666. The van der Waals surface area contributed by atoms with Crippen molar-refractivity contribution in [1.29, 1.82) is 0 Å². The van der Waals surface area contributed by atoms with Gasteiger partial charge in [-0.15, -0.1) is 0 Å². The van der Waals surface area contributed by atoms with Crippen molar-refractivity contribution in [2.24, 2.45) is 0 Å². The maximum atomic E-state index is 5.29. The van der Waals surface area contributed by atoms with Gasteiger partial charge in [0, 0.05) is 22.1 Å². The Morgan fingerprint density at radius 2 is 1.20 bits per heavy atom. The third-order valence-corrected chi connectivity index (χ3v) is 10.7. The molecule has 232 valence electrons. The number of fused-ring (bicyclic) bond motifs is 9. The van der Waals surface area contributed by atoms with Crippen molar-refractivity contribution in [3.05, 3.63) is 156 Å². The smallest absolute Gasteiger partial charge is 0.164 e. The summed E-state index contributed by atoms with van der Waals surface area (Å²) in [4.78, 5) is 15.8. The highest BCUT2D eigenvalue weighted by Gasteiger charge is 2.36. The third kappa shape index (κ3) is 4.25. The Kier molecular flexibility index (Phi) is 6.05. The summed E-state index contributed by atoms with van der Waals surface area (Å²) in [5.41, 5.74) is 11.0. The lowest BCUT2D eigenvalue weighted by Gasteiger charge is -2.23. The third-order valence-electron chi connectivity index (χ3n) is 10.7. The van der Waals surface area contributed by atoms with Crippen LogP contribution in [0.1, 0.15) is 42.5 Å². The van der Waals surface area contributed by atoms with E-state index in [4.69, 9.17) is 15.0 Å². The van der Waals surface area contributed by atoms with Crippen molar-refractivity contribution in [3.8, 4) is 45.3 Å². The molecule has 0 radical (unpaired) electrons. The summed E-state index contributed by atoms with van der Waals surface area (Å²) in [6.45, 7) is 4.69. The van der Waals surface area contributed by atoms with Crippen molar-refractivity contribution in [1.82, 2.24) is 15.0 Å². The molecule has 0 N–H and O–H groups in total. The Labute approximate surface area is 285 Å². The number of hydrogen-bond acceptors (Lipinski definition) is 3. The first-order valence-corrected chi connectivity index (χ1v) is 17.2. The van der Waals surface area contributed by atoms with Gasteiger partial charge in [-0.05, 0) is 90.7 Å². The average Bonchev–Trinajstić information content (AvgIpc) is 3.40. The molecule has 0 spiro atoms. The minimum absolute atomic E-state index is 0.0849. The second-order valence-electron chi connectivity index (χ2n) is 13.9. The zero-order chi connectivity index (χ0) is 32.7. The summed E-state index contributed by atoms with van der Waals surface area (Å²) >= 11 is 0. The molecule has 0 saturated heterocycles. The number of aromatic nitrogens is 3. The first-order valence-electron chi connectivity index (χ1n) is 17.2. The monoisotopic (exact) mass is 627 g/mol. The molecule has 1 heterocycles. The van der Waals surface area contributed by atoms with Gasteiger partial charge in [-0.3, -0.25) is 0 Å². The van der Waals surface area contributed by atoms with Crippen LogP contribution in [0, 0.1) is 0 Å². The van der Waals surface area contributed by atoms with Crippen LogP contribution >= 0.6 is 0 Å². The second kappa shape index (κ2) is 10.5. The number of nitrogens with zero attached hydrogens (tertiary/aromatic N) is 3. The molecule has 0 unspecified atom stereocenters. The van der Waals surface area contributed by atoms with Crippen LogP contribution in [0.3, 0.4) is 0 Å². The molecule has 2 aliphatic carbocycles. The highest BCUT2D eigenvalue weighted by Crippen LogP contribution is 2.51. The molecule has 0 fully saturated rings. The normalized spacial score (nSPS) is 14.2. The predicted molar refractivity (Wildman–Crippen MR) is 204 cm³/mol. The molecule has 2 aliphatic rings. The van der Waals surface area contributed by atoms with E-state index in [0.29, 0.717) is 11.6 Å². The van der Waals surface area contributed by atoms with Gasteiger partial charge in [0.25, 0.3) is 0 Å². The Hall–Kier alpha value is -5.93. The van der Waals surface area contributed by atoms with E-state index in [1.165, 1.54) is 60.3 Å². The van der Waals surface area contributed by atoms with E-state index in [2.05, 4.69) is 153 Å². The Bertz CT molecular complexity index is 2690. The summed E-state index contributed by atoms with van der Waals surface area (Å²) in [6, 6.07) is 45.9. The van der Waals surface area contributed by atoms with Gasteiger partial charge in [0.1, 0.15) is 0 Å². The Morgan fingerprint density at radius 3 is 2.10 bits per heavy atom. The van der Waals surface area contributed by atoms with E-state index in [-0.39, 0.29) is 5.41 Å². The van der Waals surface area contributed by atoms with Gasteiger partial charge in [0.05, 0.1) is 0 Å². The van der Waals surface area contributed by atoms with Crippen LogP contribution in [0.4, 0.5) is 0 Å². The van der Waals surface area contributed by atoms with Crippen LogP contribution in [0.2, 0.25) is 0 Å². The molecule has 7 aromatic carbocycles. The zero-order valence-corrected chi connectivity index (χ0v) is 27.5. The average molecular weight is 628 g/mol. The summed E-state index contributed by atoms with van der Waals surface area (Å²) in [5.74, 6) is 2.10. The topological polar surface area (TPSA) is 38.7 Å². The van der Waals surface area contributed by atoms with Gasteiger partial charge in [-0.25, -0.2) is 15.0 Å². The molecule has 49 heavy (non-hydrogen) atoms. The molecule has 3 nitrogen and oxygen atoms in total. The second-order valence-corrected chi connectivity index (χ2v) is 13.9. The fourth-order valence-electron chi connectivity index (χ4n) is 8.44. The first-order chi connectivity index (χ1) is 24.0. The molecular formula is C46H33N3. The fraction of sp³-hybridized carbons (Fsp3) is 0.109. The molecule has 0 atom stereocenters. The van der Waals surface area contributed by atoms with Crippen molar-refractivity contribution in [2.45, 2.75) is 32.1 Å². The fourth-order valence-corrected chi connectivity index (χ4v) is 8.44. The molecule has 8 aromatic rings. The van der Waals surface area contributed by atoms with Crippen molar-refractivity contribution in [2.75, 3.05) is 0 Å². The molecular weight excluding hydrogens is 595 g/mol. The molecule has 0 amide bonds. The maximum absolute atomic E-state index is 5.29. The Morgan fingerprint density at radius 1 is 0.510 bits per heavy atom. The molecule has 10 rings (SSSR count). The van der Waals surface area contributed by atoms with Crippen molar-refractivity contribution >= 4 is 38.4 Å². The largest absolute Gasteiger partial charge is 0.208 e. The van der Waals surface area contributed by atoms with Crippen LogP contribution in [0.25, 0.3) is 83.7 Å². The van der Waals surface area contributed by atoms with Gasteiger partial charge in [0.2, 0.25) is 0 Å². The summed E-state index contributed by atoms with van der Waals surface area (Å²) in [6.07, 6.45) is 6.52. The van der Waals surface area contributed by atoms with Gasteiger partial charge in [-0.2, -0.15) is 0 Å². The number of hydrogen-bond donors (Lipinski definition) is 0. The molecule has 0 bridgehead atoms.